The van der Waals surface area contributed by atoms with E-state index in [1.54, 1.807) is 23.1 Å². The van der Waals surface area contributed by atoms with Gasteiger partial charge in [-0.05, 0) is 33.6 Å². The third-order valence-corrected chi connectivity index (χ3v) is 7.60. The van der Waals surface area contributed by atoms with Crippen molar-refractivity contribution in [2.45, 2.75) is 44.6 Å². The Kier molecular flexibility index (Phi) is 6.07. The van der Waals surface area contributed by atoms with E-state index in [2.05, 4.69) is 15.1 Å². The molecule has 0 atom stereocenters. The Morgan fingerprint density at radius 3 is 2.30 bits per heavy atom. The number of sulfonamides is 1. The van der Waals surface area contributed by atoms with E-state index in [0.29, 0.717) is 68.2 Å². The molecule has 1 N–H and O–H groups in total. The molecule has 0 aromatic carbocycles. The number of carbonyl (C=O) groups excluding carboxylic acids is 1. The van der Waals surface area contributed by atoms with E-state index in [-0.39, 0.29) is 6.09 Å². The Bertz CT molecular complexity index is 743. The van der Waals surface area contributed by atoms with Gasteiger partial charge in [-0.1, -0.05) is 0 Å². The minimum absolute atomic E-state index is 0.238. The Morgan fingerprint density at radius 2 is 1.78 bits per heavy atom. The van der Waals surface area contributed by atoms with E-state index < -0.39 is 10.0 Å². The van der Waals surface area contributed by atoms with Crippen molar-refractivity contribution < 1.29 is 17.9 Å². The molecule has 10 heteroatoms. The molecule has 2 fully saturated rings. The van der Waals surface area contributed by atoms with Crippen LogP contribution in [-0.2, 0) is 14.8 Å². The van der Waals surface area contributed by atoms with Gasteiger partial charge >= 0.3 is 6.09 Å². The smallest absolute Gasteiger partial charge is 0.409 e. The molecular formula is C17H29N5O4S. The van der Waals surface area contributed by atoms with Crippen molar-refractivity contribution in [3.05, 3.63) is 11.4 Å². The molecule has 0 spiro atoms. The van der Waals surface area contributed by atoms with Gasteiger partial charge in [0.25, 0.3) is 0 Å². The number of piperidine rings is 1. The standard InChI is InChI=1S/C17H29N5O4S/c1-4-26-17(23)21-7-5-15(6-8-21)20-9-11-22(12-10-20)27(24,25)16-13(2)18-19-14(16)3/h15H,4-12H2,1-3H3,(H,18,19). The van der Waals surface area contributed by atoms with Gasteiger partial charge in [0.05, 0.1) is 18.0 Å². The largest absolute Gasteiger partial charge is 0.450 e. The number of hydrogen-bond donors (Lipinski definition) is 1. The van der Waals surface area contributed by atoms with Crippen LogP contribution in [-0.4, -0.2) is 90.7 Å². The zero-order valence-corrected chi connectivity index (χ0v) is 17.1. The molecule has 27 heavy (non-hydrogen) atoms. The number of piperazine rings is 1. The van der Waals surface area contributed by atoms with Crippen molar-refractivity contribution in [3.8, 4) is 0 Å². The first-order valence-electron chi connectivity index (χ1n) is 9.52. The molecule has 1 aromatic heterocycles. The first-order chi connectivity index (χ1) is 12.8. The van der Waals surface area contributed by atoms with Gasteiger partial charge in [-0.2, -0.15) is 9.40 Å². The third kappa shape index (κ3) is 4.12. The second-order valence-electron chi connectivity index (χ2n) is 7.12. The fourth-order valence-corrected chi connectivity index (χ4v) is 5.74. The zero-order valence-electron chi connectivity index (χ0n) is 16.3. The number of H-pyrrole nitrogens is 1. The molecule has 0 aliphatic carbocycles. The van der Waals surface area contributed by atoms with Gasteiger partial charge in [-0.3, -0.25) is 10.00 Å². The van der Waals surface area contributed by atoms with E-state index in [4.69, 9.17) is 4.74 Å². The molecule has 0 unspecified atom stereocenters. The second-order valence-corrected chi connectivity index (χ2v) is 9.00. The predicted octanol–water partition coefficient (Wildman–Crippen LogP) is 0.954. The minimum Gasteiger partial charge on any atom is -0.450 e. The fraction of sp³-hybridized carbons (Fsp3) is 0.765. The number of hydrogen-bond acceptors (Lipinski definition) is 6. The number of aromatic nitrogens is 2. The Balaban J connectivity index is 1.55. The second kappa shape index (κ2) is 8.15. The number of carbonyl (C=O) groups is 1. The van der Waals surface area contributed by atoms with Gasteiger partial charge in [0.2, 0.25) is 10.0 Å². The van der Waals surface area contributed by atoms with Crippen LogP contribution in [0, 0.1) is 13.8 Å². The summed E-state index contributed by atoms with van der Waals surface area (Å²) in [5, 5.41) is 6.77. The summed E-state index contributed by atoms with van der Waals surface area (Å²) in [6, 6.07) is 0.387. The maximum absolute atomic E-state index is 12.9. The normalized spacial score (nSPS) is 20.8. The quantitative estimate of drug-likeness (QED) is 0.809. The highest BCUT2D eigenvalue weighted by atomic mass is 32.2. The molecule has 9 nitrogen and oxygen atoms in total. The molecule has 3 rings (SSSR count). The van der Waals surface area contributed by atoms with Crippen LogP contribution >= 0.6 is 0 Å². The summed E-state index contributed by atoms with van der Waals surface area (Å²) in [5.41, 5.74) is 1.10. The van der Waals surface area contributed by atoms with Crippen LogP contribution < -0.4 is 0 Å². The van der Waals surface area contributed by atoms with E-state index in [1.807, 2.05) is 6.92 Å². The molecule has 3 heterocycles. The lowest BCUT2D eigenvalue weighted by molar-refractivity contribution is 0.0633. The molecule has 152 valence electrons. The van der Waals surface area contributed by atoms with E-state index in [9.17, 15) is 13.2 Å². The first kappa shape index (κ1) is 20.1. The molecule has 1 aromatic rings. The van der Waals surface area contributed by atoms with Gasteiger partial charge < -0.3 is 9.64 Å². The molecule has 2 aliphatic heterocycles. The molecule has 2 saturated heterocycles. The SMILES string of the molecule is CCOC(=O)N1CCC(N2CCN(S(=O)(=O)c3c(C)n[nH]c3C)CC2)CC1. The van der Waals surface area contributed by atoms with Crippen LogP contribution in [0.3, 0.4) is 0 Å². The molecular weight excluding hydrogens is 370 g/mol. The number of aromatic amines is 1. The number of amides is 1. The van der Waals surface area contributed by atoms with Gasteiger partial charge in [-0.15, -0.1) is 0 Å². The highest BCUT2D eigenvalue weighted by molar-refractivity contribution is 7.89. The maximum atomic E-state index is 12.9. The van der Waals surface area contributed by atoms with Gasteiger partial charge in [0.1, 0.15) is 4.90 Å². The van der Waals surface area contributed by atoms with Crippen LogP contribution in [0.5, 0.6) is 0 Å². The average molecular weight is 400 g/mol. The van der Waals surface area contributed by atoms with E-state index in [1.165, 1.54) is 0 Å². The van der Waals surface area contributed by atoms with Crippen molar-refractivity contribution in [1.29, 1.82) is 0 Å². The van der Waals surface area contributed by atoms with E-state index in [0.717, 1.165) is 12.8 Å². The topological polar surface area (TPSA) is 98.8 Å². The Morgan fingerprint density at radius 1 is 1.15 bits per heavy atom. The van der Waals surface area contributed by atoms with Crippen molar-refractivity contribution in [2.24, 2.45) is 0 Å². The molecule has 0 saturated carbocycles. The molecule has 0 radical (unpaired) electrons. The minimum atomic E-state index is -3.52. The lowest BCUT2D eigenvalue weighted by atomic mass is 10.0. The third-order valence-electron chi connectivity index (χ3n) is 5.44. The van der Waals surface area contributed by atoms with E-state index >= 15 is 0 Å². The lowest BCUT2D eigenvalue weighted by Crippen LogP contribution is -2.54. The van der Waals surface area contributed by atoms with Crippen molar-refractivity contribution in [1.82, 2.24) is 24.3 Å². The molecule has 0 bridgehead atoms. The molecule has 1 amide bonds. The highest BCUT2D eigenvalue weighted by Gasteiger charge is 2.35. The summed E-state index contributed by atoms with van der Waals surface area (Å²) < 4.78 is 32.5. The van der Waals surface area contributed by atoms with Gasteiger partial charge in [-0.25, -0.2) is 13.2 Å². The highest BCUT2D eigenvalue weighted by Crippen LogP contribution is 2.25. The Hall–Kier alpha value is -1.65. The van der Waals surface area contributed by atoms with Crippen molar-refractivity contribution in [2.75, 3.05) is 45.9 Å². The number of rotatable bonds is 4. The number of nitrogens with zero attached hydrogens (tertiary/aromatic N) is 4. The predicted molar refractivity (Wildman–Crippen MR) is 100 cm³/mol. The average Bonchev–Trinajstić information content (AvgIpc) is 3.01. The number of likely N-dealkylation sites (tertiary alicyclic amines) is 1. The summed E-state index contributed by atoms with van der Waals surface area (Å²) in [4.78, 5) is 16.2. The number of ether oxygens (including phenoxy) is 1. The lowest BCUT2D eigenvalue weighted by Gasteiger charge is -2.42. The maximum Gasteiger partial charge on any atom is 0.409 e. The van der Waals surface area contributed by atoms with Crippen LogP contribution in [0.1, 0.15) is 31.2 Å². The van der Waals surface area contributed by atoms with Crippen LogP contribution in [0.2, 0.25) is 0 Å². The number of aryl methyl sites for hydroxylation is 2. The van der Waals surface area contributed by atoms with Crippen LogP contribution in [0.15, 0.2) is 4.90 Å². The number of nitrogens with one attached hydrogen (secondary N) is 1. The van der Waals surface area contributed by atoms with Crippen LogP contribution in [0.25, 0.3) is 0 Å². The van der Waals surface area contributed by atoms with Gasteiger partial charge in [0, 0.05) is 45.3 Å². The van der Waals surface area contributed by atoms with Crippen LogP contribution in [0.4, 0.5) is 4.79 Å². The summed E-state index contributed by atoms with van der Waals surface area (Å²) in [5.74, 6) is 0. The first-order valence-corrected chi connectivity index (χ1v) is 11.0. The van der Waals surface area contributed by atoms with Crippen molar-refractivity contribution >= 4 is 16.1 Å². The summed E-state index contributed by atoms with van der Waals surface area (Å²) in [6.07, 6.45) is 1.55. The summed E-state index contributed by atoms with van der Waals surface area (Å²) in [7, 11) is -3.52. The summed E-state index contributed by atoms with van der Waals surface area (Å²) in [6.45, 7) is 9.40. The zero-order chi connectivity index (χ0) is 19.6. The van der Waals surface area contributed by atoms with Crippen molar-refractivity contribution in [3.63, 3.8) is 0 Å². The monoisotopic (exact) mass is 399 g/mol. The van der Waals surface area contributed by atoms with Gasteiger partial charge in [0.15, 0.2) is 0 Å². The summed E-state index contributed by atoms with van der Waals surface area (Å²) >= 11 is 0. The Labute approximate surface area is 160 Å². The fourth-order valence-electron chi connectivity index (χ4n) is 3.99. The molecule has 2 aliphatic rings.